The fourth-order valence-electron chi connectivity index (χ4n) is 5.80. The second kappa shape index (κ2) is 8.68. The van der Waals surface area contributed by atoms with Crippen LogP contribution >= 0.6 is 23.2 Å². The molecule has 4 heterocycles. The number of aromatic nitrogens is 1. The Morgan fingerprint density at radius 3 is 1.97 bits per heavy atom. The maximum Gasteiger partial charge on any atom is 0.257 e. The van der Waals surface area contributed by atoms with E-state index in [0.29, 0.717) is 32.8 Å². The van der Waals surface area contributed by atoms with Crippen LogP contribution < -0.4 is 14.7 Å². The van der Waals surface area contributed by atoms with Crippen molar-refractivity contribution in [1.29, 1.82) is 0 Å². The minimum atomic E-state index is -0.900. The summed E-state index contributed by atoms with van der Waals surface area (Å²) in [6, 6.07) is 15.6. The molecule has 0 N–H and O–H groups in total. The van der Waals surface area contributed by atoms with E-state index in [4.69, 9.17) is 23.2 Å². The molecule has 1 unspecified atom stereocenters. The highest BCUT2D eigenvalue weighted by atomic mass is 35.5. The molecule has 6 rings (SSSR count). The van der Waals surface area contributed by atoms with E-state index >= 15 is 0 Å². The van der Waals surface area contributed by atoms with Gasteiger partial charge in [-0.2, -0.15) is 0 Å². The van der Waals surface area contributed by atoms with Gasteiger partial charge in [-0.15, -0.1) is 0 Å². The molecule has 8 nitrogen and oxygen atoms in total. The summed E-state index contributed by atoms with van der Waals surface area (Å²) < 4.78 is 0. The summed E-state index contributed by atoms with van der Waals surface area (Å²) in [5.41, 5.74) is 1.98. The van der Waals surface area contributed by atoms with Crippen LogP contribution in [-0.2, 0) is 19.2 Å². The van der Waals surface area contributed by atoms with Gasteiger partial charge in [0, 0.05) is 35.6 Å². The van der Waals surface area contributed by atoms with Crippen molar-refractivity contribution in [2.75, 3.05) is 21.7 Å². The zero-order valence-corrected chi connectivity index (χ0v) is 21.1. The van der Waals surface area contributed by atoms with Gasteiger partial charge in [-0.05, 0) is 60.7 Å². The molecule has 37 heavy (non-hydrogen) atoms. The number of hydrogen-bond acceptors (Lipinski definition) is 6. The number of fused-ring (bicyclic) bond motifs is 2. The third-order valence-corrected chi connectivity index (χ3v) is 7.92. The minimum absolute atomic E-state index is 0.0997. The molecule has 3 aliphatic heterocycles. The van der Waals surface area contributed by atoms with E-state index in [1.165, 1.54) is 0 Å². The monoisotopic (exact) mass is 534 g/mol. The molecule has 0 saturated carbocycles. The average molecular weight is 535 g/mol. The molecule has 3 aliphatic rings. The quantitative estimate of drug-likeness (QED) is 0.470. The number of rotatable bonds is 3. The number of amides is 4. The molecule has 0 bridgehead atoms. The van der Waals surface area contributed by atoms with Gasteiger partial charge in [-0.1, -0.05) is 23.2 Å². The predicted molar refractivity (Wildman–Crippen MR) is 139 cm³/mol. The van der Waals surface area contributed by atoms with Crippen molar-refractivity contribution in [1.82, 2.24) is 4.98 Å². The molecule has 0 aliphatic carbocycles. The van der Waals surface area contributed by atoms with Crippen molar-refractivity contribution < 1.29 is 19.2 Å². The van der Waals surface area contributed by atoms with Gasteiger partial charge in [0.05, 0.1) is 34.6 Å². The van der Waals surface area contributed by atoms with Crippen LogP contribution in [0.3, 0.4) is 0 Å². The number of anilines is 3. The molecule has 2 saturated heterocycles. The van der Waals surface area contributed by atoms with Crippen molar-refractivity contribution in [3.05, 3.63) is 82.6 Å². The van der Waals surface area contributed by atoms with E-state index in [2.05, 4.69) is 4.98 Å². The molecule has 10 heteroatoms. The molecule has 186 valence electrons. The highest BCUT2D eigenvalue weighted by Crippen LogP contribution is 2.51. The van der Waals surface area contributed by atoms with Gasteiger partial charge in [-0.3, -0.25) is 29.1 Å². The Balaban J connectivity index is 1.45. The summed E-state index contributed by atoms with van der Waals surface area (Å²) in [4.78, 5) is 63.1. The molecule has 1 aromatic heterocycles. The third-order valence-electron chi connectivity index (χ3n) is 7.42. The van der Waals surface area contributed by atoms with E-state index in [9.17, 15) is 19.2 Å². The number of halogens is 2. The topological polar surface area (TPSA) is 90.9 Å². The molecule has 3 aromatic rings. The largest absolute Gasteiger partial charge is 0.360 e. The lowest BCUT2D eigenvalue weighted by molar-refractivity contribution is -0.124. The Kier molecular flexibility index (Phi) is 5.54. The highest BCUT2D eigenvalue weighted by Gasteiger charge is 2.61. The fourth-order valence-corrected chi connectivity index (χ4v) is 6.05. The number of pyridine rings is 1. The lowest BCUT2D eigenvalue weighted by atomic mass is 9.72. The van der Waals surface area contributed by atoms with Gasteiger partial charge in [-0.25, -0.2) is 4.90 Å². The SMILES string of the molecule is CN1c2cccnc2[C@@H](C2CC(=O)N(c3ccc(Cl)cc3)C2=O)[C@H]2C(=O)N(c3ccc(Cl)cc3)C(=O)[C@H]21. The Hall–Kier alpha value is -3.75. The Morgan fingerprint density at radius 1 is 0.757 bits per heavy atom. The molecule has 0 radical (unpaired) electrons. The van der Waals surface area contributed by atoms with Crippen LogP contribution in [0.2, 0.25) is 10.0 Å². The highest BCUT2D eigenvalue weighted by molar-refractivity contribution is 6.31. The van der Waals surface area contributed by atoms with Gasteiger partial charge in [0.15, 0.2) is 0 Å². The number of imide groups is 2. The van der Waals surface area contributed by atoms with Crippen molar-refractivity contribution in [3.8, 4) is 0 Å². The van der Waals surface area contributed by atoms with Crippen LogP contribution in [0, 0.1) is 11.8 Å². The molecular formula is C27H20Cl2N4O4. The van der Waals surface area contributed by atoms with E-state index in [0.717, 1.165) is 9.80 Å². The second-order valence-electron chi connectivity index (χ2n) is 9.36. The predicted octanol–water partition coefficient (Wildman–Crippen LogP) is 4.06. The van der Waals surface area contributed by atoms with Gasteiger partial charge in [0.2, 0.25) is 17.7 Å². The van der Waals surface area contributed by atoms with Crippen LogP contribution in [0.25, 0.3) is 0 Å². The summed E-state index contributed by atoms with van der Waals surface area (Å²) >= 11 is 12.0. The summed E-state index contributed by atoms with van der Waals surface area (Å²) in [5.74, 6) is -4.16. The van der Waals surface area contributed by atoms with Crippen molar-refractivity contribution in [2.45, 2.75) is 18.4 Å². The molecule has 4 atom stereocenters. The lowest BCUT2D eigenvalue weighted by Gasteiger charge is -2.40. The van der Waals surface area contributed by atoms with E-state index < -0.39 is 41.5 Å². The number of likely N-dealkylation sites (N-methyl/N-ethyl adjacent to an activating group) is 1. The molecule has 4 amide bonds. The molecule has 2 fully saturated rings. The second-order valence-corrected chi connectivity index (χ2v) is 10.2. The summed E-state index contributed by atoms with van der Waals surface area (Å²) in [5, 5.41) is 0.956. The van der Waals surface area contributed by atoms with Crippen LogP contribution in [0.15, 0.2) is 66.9 Å². The number of carbonyl (C=O) groups excluding carboxylic acids is 4. The smallest absolute Gasteiger partial charge is 0.257 e. The number of nitrogens with zero attached hydrogens (tertiary/aromatic N) is 4. The first kappa shape index (κ1) is 23.6. The standard InChI is InChI=1S/C27H20Cl2N4O4/c1-31-19-3-2-12-30-23(19)21(18-13-20(34)32(25(18)35)16-8-4-14(28)5-9-16)22-24(31)27(37)33(26(22)36)17-10-6-15(29)7-11-17/h2-12,18,21-22,24H,13H2,1H3/t18?,21-,22+,24-/m0/s1. The zero-order chi connectivity index (χ0) is 26.0. The molecular weight excluding hydrogens is 515 g/mol. The van der Waals surface area contributed by atoms with Gasteiger partial charge in [0.25, 0.3) is 5.91 Å². The Morgan fingerprint density at radius 2 is 1.35 bits per heavy atom. The number of benzene rings is 2. The van der Waals surface area contributed by atoms with Crippen LogP contribution in [0.1, 0.15) is 18.0 Å². The van der Waals surface area contributed by atoms with E-state index in [1.54, 1.807) is 72.7 Å². The minimum Gasteiger partial charge on any atom is -0.360 e. The normalized spacial score (nSPS) is 25.1. The van der Waals surface area contributed by atoms with Crippen LogP contribution in [-0.4, -0.2) is 41.7 Å². The van der Waals surface area contributed by atoms with Crippen LogP contribution in [0.4, 0.5) is 17.1 Å². The van der Waals surface area contributed by atoms with E-state index in [-0.39, 0.29) is 12.3 Å². The van der Waals surface area contributed by atoms with Gasteiger partial charge in [0.1, 0.15) is 6.04 Å². The first-order valence-corrected chi connectivity index (χ1v) is 12.5. The van der Waals surface area contributed by atoms with E-state index in [1.807, 2.05) is 6.07 Å². The summed E-state index contributed by atoms with van der Waals surface area (Å²) in [7, 11) is 1.74. The Bertz CT molecular complexity index is 1460. The summed E-state index contributed by atoms with van der Waals surface area (Å²) in [6.45, 7) is 0. The number of carbonyl (C=O) groups is 4. The lowest BCUT2D eigenvalue weighted by Crippen LogP contribution is -2.50. The molecule has 0 spiro atoms. The first-order valence-electron chi connectivity index (χ1n) is 11.7. The maximum atomic E-state index is 13.9. The van der Waals surface area contributed by atoms with Crippen molar-refractivity contribution in [3.63, 3.8) is 0 Å². The van der Waals surface area contributed by atoms with Gasteiger partial charge >= 0.3 is 0 Å². The van der Waals surface area contributed by atoms with Crippen LogP contribution in [0.5, 0.6) is 0 Å². The van der Waals surface area contributed by atoms with Crippen molar-refractivity contribution in [2.24, 2.45) is 11.8 Å². The third kappa shape index (κ3) is 3.54. The first-order chi connectivity index (χ1) is 17.8. The number of hydrogen-bond donors (Lipinski definition) is 0. The Labute approximate surface area is 222 Å². The average Bonchev–Trinajstić information content (AvgIpc) is 3.32. The zero-order valence-electron chi connectivity index (χ0n) is 19.5. The summed E-state index contributed by atoms with van der Waals surface area (Å²) in [6.07, 6.45) is 1.49. The fraction of sp³-hybridized carbons (Fsp3) is 0.222. The van der Waals surface area contributed by atoms with Gasteiger partial charge < -0.3 is 4.90 Å². The molecule has 2 aromatic carbocycles. The van der Waals surface area contributed by atoms with Crippen molar-refractivity contribution >= 4 is 63.9 Å². The maximum absolute atomic E-state index is 13.9.